The monoisotopic (exact) mass is 356 g/mol. The van der Waals surface area contributed by atoms with E-state index in [0.717, 1.165) is 0 Å². The molecule has 0 spiro atoms. The van der Waals surface area contributed by atoms with Crippen molar-refractivity contribution in [2.24, 2.45) is 0 Å². The molecule has 0 aliphatic carbocycles. The fourth-order valence-electron chi connectivity index (χ4n) is 2.49. The molecule has 0 unspecified atom stereocenters. The second-order valence-corrected chi connectivity index (χ2v) is 5.66. The minimum absolute atomic E-state index is 0.161. The number of ether oxygens (including phenoxy) is 1. The van der Waals surface area contributed by atoms with Gasteiger partial charge in [0, 0.05) is 22.0 Å². The number of esters is 1. The van der Waals surface area contributed by atoms with Crippen molar-refractivity contribution in [3.63, 3.8) is 0 Å². The van der Waals surface area contributed by atoms with Crippen molar-refractivity contribution in [3.8, 4) is 0 Å². The molecular formula is C18H13ClN2O4. The number of hydrogen-bond acceptors (Lipinski definition) is 4. The molecular weight excluding hydrogens is 344 g/mol. The summed E-state index contributed by atoms with van der Waals surface area (Å²) >= 11 is 5.96. The second-order valence-electron chi connectivity index (χ2n) is 5.23. The lowest BCUT2D eigenvalue weighted by Crippen LogP contribution is -2.18. The van der Waals surface area contributed by atoms with Crippen LogP contribution in [0.4, 0.5) is 5.69 Å². The van der Waals surface area contributed by atoms with Crippen LogP contribution in [0.25, 0.3) is 10.9 Å². The molecule has 0 atom stereocenters. The highest BCUT2D eigenvalue weighted by Gasteiger charge is 2.17. The smallest absolute Gasteiger partial charge is 0.339 e. The number of aromatic nitrogens is 1. The number of nitrogens with one attached hydrogen (secondary N) is 2. The van der Waals surface area contributed by atoms with Gasteiger partial charge in [-0.15, -0.1) is 0 Å². The van der Waals surface area contributed by atoms with E-state index in [1.54, 1.807) is 24.3 Å². The fraction of sp³-hybridized carbons (Fsp3) is 0.0556. The number of fused-ring (bicyclic) bond motifs is 1. The van der Waals surface area contributed by atoms with E-state index >= 15 is 0 Å². The summed E-state index contributed by atoms with van der Waals surface area (Å²) in [6.45, 7) is 0. The van der Waals surface area contributed by atoms with Gasteiger partial charge in [-0.2, -0.15) is 0 Å². The van der Waals surface area contributed by atoms with E-state index in [2.05, 4.69) is 10.3 Å². The Bertz CT molecular complexity index is 1040. The zero-order valence-electron chi connectivity index (χ0n) is 13.1. The minimum Gasteiger partial charge on any atom is -0.465 e. The zero-order chi connectivity index (χ0) is 18.0. The molecule has 0 fully saturated rings. The third-order valence-corrected chi connectivity index (χ3v) is 3.87. The summed E-state index contributed by atoms with van der Waals surface area (Å²) in [7, 11) is 1.24. The van der Waals surface area contributed by atoms with Crippen molar-refractivity contribution < 1.29 is 14.3 Å². The molecule has 0 aliphatic rings. The van der Waals surface area contributed by atoms with E-state index in [9.17, 15) is 14.4 Å². The van der Waals surface area contributed by atoms with Crippen molar-refractivity contribution >= 4 is 40.1 Å². The molecule has 6 nitrogen and oxygen atoms in total. The van der Waals surface area contributed by atoms with E-state index in [1.165, 1.54) is 31.4 Å². The van der Waals surface area contributed by atoms with Crippen LogP contribution < -0.4 is 10.9 Å². The van der Waals surface area contributed by atoms with E-state index < -0.39 is 17.4 Å². The number of methoxy groups -OCH3 is 1. The number of rotatable bonds is 3. The van der Waals surface area contributed by atoms with Crippen LogP contribution in [0, 0.1) is 0 Å². The fourth-order valence-corrected chi connectivity index (χ4v) is 2.66. The van der Waals surface area contributed by atoms with Crippen LogP contribution in [0.5, 0.6) is 0 Å². The van der Waals surface area contributed by atoms with Crippen LogP contribution in [0.2, 0.25) is 5.02 Å². The molecule has 1 aromatic heterocycles. The zero-order valence-corrected chi connectivity index (χ0v) is 13.9. The molecule has 1 amide bonds. The number of halogens is 1. The topological polar surface area (TPSA) is 88.3 Å². The van der Waals surface area contributed by atoms with Gasteiger partial charge in [0.2, 0.25) is 5.56 Å². The highest BCUT2D eigenvalue weighted by molar-refractivity contribution is 6.31. The maximum Gasteiger partial charge on any atom is 0.339 e. The Balaban J connectivity index is 2.06. The Hall–Kier alpha value is -3.12. The number of amides is 1. The first-order valence-electron chi connectivity index (χ1n) is 7.31. The molecule has 2 N–H and O–H groups in total. The predicted molar refractivity (Wildman–Crippen MR) is 95.3 cm³/mol. The predicted octanol–water partition coefficient (Wildman–Crippen LogP) is 3.22. The number of benzene rings is 2. The molecule has 2 aromatic carbocycles. The number of anilines is 1. The third kappa shape index (κ3) is 3.39. The quantitative estimate of drug-likeness (QED) is 0.705. The van der Waals surface area contributed by atoms with Crippen molar-refractivity contribution in [2.45, 2.75) is 0 Å². The van der Waals surface area contributed by atoms with Crippen molar-refractivity contribution in [1.29, 1.82) is 0 Å². The Labute approximate surface area is 147 Å². The van der Waals surface area contributed by atoms with Gasteiger partial charge in [-0.05, 0) is 24.3 Å². The number of aromatic amines is 1. The number of H-pyrrole nitrogens is 1. The highest BCUT2D eigenvalue weighted by Crippen LogP contribution is 2.23. The third-order valence-electron chi connectivity index (χ3n) is 3.63. The van der Waals surface area contributed by atoms with Crippen molar-refractivity contribution in [3.05, 3.63) is 75.0 Å². The van der Waals surface area contributed by atoms with Gasteiger partial charge in [-0.25, -0.2) is 4.79 Å². The Kier molecular flexibility index (Phi) is 4.54. The molecule has 0 saturated carbocycles. The van der Waals surface area contributed by atoms with Gasteiger partial charge in [0.25, 0.3) is 5.91 Å². The van der Waals surface area contributed by atoms with E-state index in [-0.39, 0.29) is 16.8 Å². The first-order chi connectivity index (χ1) is 12.0. The molecule has 0 bridgehead atoms. The van der Waals surface area contributed by atoms with Crippen molar-refractivity contribution in [1.82, 2.24) is 4.98 Å². The average Bonchev–Trinajstić information content (AvgIpc) is 2.60. The molecule has 3 rings (SSSR count). The normalized spacial score (nSPS) is 10.5. The van der Waals surface area contributed by atoms with E-state index in [1.807, 2.05) is 0 Å². The number of carbonyl (C=O) groups excluding carboxylic acids is 2. The van der Waals surface area contributed by atoms with Gasteiger partial charge in [0.05, 0.1) is 23.9 Å². The molecule has 0 saturated heterocycles. The van der Waals surface area contributed by atoms with Gasteiger partial charge in [0.15, 0.2) is 0 Å². The lowest BCUT2D eigenvalue weighted by Gasteiger charge is -2.11. The lowest BCUT2D eigenvalue weighted by atomic mass is 10.1. The summed E-state index contributed by atoms with van der Waals surface area (Å²) in [6, 6.07) is 12.6. The largest absolute Gasteiger partial charge is 0.465 e. The number of para-hydroxylation sites is 1. The summed E-state index contributed by atoms with van der Waals surface area (Å²) in [5, 5.41) is 3.56. The van der Waals surface area contributed by atoms with Crippen LogP contribution in [0.3, 0.4) is 0 Å². The lowest BCUT2D eigenvalue weighted by molar-refractivity contribution is 0.0602. The molecule has 0 aliphatic heterocycles. The minimum atomic E-state index is -0.609. The van der Waals surface area contributed by atoms with Gasteiger partial charge >= 0.3 is 5.97 Å². The van der Waals surface area contributed by atoms with E-state index in [0.29, 0.717) is 15.9 Å². The Morgan fingerprint density at radius 3 is 2.60 bits per heavy atom. The SMILES string of the molecule is COC(=O)c1ccc(Cl)cc1NC(=O)c1cc(=O)[nH]c2ccccc12. The van der Waals surface area contributed by atoms with Crippen LogP contribution in [0.15, 0.2) is 53.3 Å². The van der Waals surface area contributed by atoms with Gasteiger partial charge in [0.1, 0.15) is 0 Å². The molecule has 1 heterocycles. The van der Waals surface area contributed by atoms with Crippen molar-refractivity contribution in [2.75, 3.05) is 12.4 Å². The maximum atomic E-state index is 12.7. The summed E-state index contributed by atoms with van der Waals surface area (Å²) in [5.41, 5.74) is 0.695. The van der Waals surface area contributed by atoms with Crippen LogP contribution >= 0.6 is 11.6 Å². The van der Waals surface area contributed by atoms with Crippen LogP contribution in [-0.2, 0) is 4.74 Å². The standard InChI is InChI=1S/C18H13ClN2O4/c1-25-18(24)12-7-6-10(19)8-15(12)21-17(23)13-9-16(22)20-14-5-3-2-4-11(13)14/h2-9H,1H3,(H,20,22)(H,21,23). The molecule has 7 heteroatoms. The first kappa shape index (κ1) is 16.7. The van der Waals surface area contributed by atoms with Crippen LogP contribution in [-0.4, -0.2) is 24.0 Å². The Morgan fingerprint density at radius 1 is 1.08 bits per heavy atom. The first-order valence-corrected chi connectivity index (χ1v) is 7.68. The molecule has 3 aromatic rings. The average molecular weight is 357 g/mol. The highest BCUT2D eigenvalue weighted by atomic mass is 35.5. The second kappa shape index (κ2) is 6.78. The molecule has 0 radical (unpaired) electrons. The van der Waals surface area contributed by atoms with Gasteiger partial charge in [-0.1, -0.05) is 29.8 Å². The van der Waals surface area contributed by atoms with Gasteiger partial charge < -0.3 is 15.0 Å². The molecule has 25 heavy (non-hydrogen) atoms. The number of hydrogen-bond donors (Lipinski definition) is 2. The maximum absolute atomic E-state index is 12.7. The summed E-state index contributed by atoms with van der Waals surface area (Å²) < 4.78 is 4.71. The number of pyridine rings is 1. The summed E-state index contributed by atoms with van der Waals surface area (Å²) in [5.74, 6) is -1.14. The Morgan fingerprint density at radius 2 is 1.84 bits per heavy atom. The number of carbonyl (C=O) groups is 2. The summed E-state index contributed by atoms with van der Waals surface area (Å²) in [4.78, 5) is 39.0. The van der Waals surface area contributed by atoms with E-state index in [4.69, 9.17) is 16.3 Å². The summed E-state index contributed by atoms with van der Waals surface area (Å²) in [6.07, 6.45) is 0. The van der Waals surface area contributed by atoms with Crippen LogP contribution in [0.1, 0.15) is 20.7 Å². The molecule has 126 valence electrons. The van der Waals surface area contributed by atoms with Gasteiger partial charge in [-0.3, -0.25) is 9.59 Å².